The SMILES string of the molecule is CO[C@H]1[C@@H](OP=O)[C@@H](CO)O[C@H]1NC=N. The molecule has 0 radical (unpaired) electrons. The lowest BCUT2D eigenvalue weighted by Gasteiger charge is -2.19. The van der Waals surface area contributed by atoms with Crippen molar-refractivity contribution in [3.05, 3.63) is 0 Å². The van der Waals surface area contributed by atoms with Gasteiger partial charge < -0.3 is 19.9 Å². The van der Waals surface area contributed by atoms with Crippen molar-refractivity contribution in [3.8, 4) is 0 Å². The standard InChI is InChI=1S/C7H13N2O5P/c1-12-6-5(14-15-11)4(2-10)13-7(6)9-3-8/h3-7,10H,2H2,1H3,(H2,8,9)/t4-,5+,6+,7-/m1/s1. The summed E-state index contributed by atoms with van der Waals surface area (Å²) in [5.74, 6) is 0. The van der Waals surface area contributed by atoms with Gasteiger partial charge in [-0.3, -0.25) is 9.93 Å². The minimum Gasteiger partial charge on any atom is -0.394 e. The van der Waals surface area contributed by atoms with Gasteiger partial charge in [-0.05, 0) is 0 Å². The van der Waals surface area contributed by atoms with E-state index in [1.54, 1.807) is 0 Å². The first-order valence-corrected chi connectivity index (χ1v) is 5.04. The van der Waals surface area contributed by atoms with Crippen LogP contribution in [0.25, 0.3) is 0 Å². The molecule has 0 saturated carbocycles. The molecular weight excluding hydrogens is 223 g/mol. The van der Waals surface area contributed by atoms with Crippen LogP contribution in [0, 0.1) is 5.41 Å². The fourth-order valence-corrected chi connectivity index (χ4v) is 1.88. The summed E-state index contributed by atoms with van der Waals surface area (Å²) in [6.07, 6.45) is -1.39. The monoisotopic (exact) mass is 236 g/mol. The highest BCUT2D eigenvalue weighted by Crippen LogP contribution is 2.26. The third-order valence-electron chi connectivity index (χ3n) is 2.17. The van der Waals surface area contributed by atoms with Crippen LogP contribution >= 0.6 is 8.69 Å². The maximum Gasteiger partial charge on any atom is 0.327 e. The van der Waals surface area contributed by atoms with Crippen LogP contribution in [0.2, 0.25) is 0 Å². The quantitative estimate of drug-likeness (QED) is 0.327. The van der Waals surface area contributed by atoms with Gasteiger partial charge >= 0.3 is 8.69 Å². The van der Waals surface area contributed by atoms with E-state index in [1.807, 2.05) is 0 Å². The van der Waals surface area contributed by atoms with E-state index in [1.165, 1.54) is 7.11 Å². The van der Waals surface area contributed by atoms with Gasteiger partial charge in [0, 0.05) is 7.11 Å². The Morgan fingerprint density at radius 3 is 2.87 bits per heavy atom. The number of rotatable bonds is 6. The van der Waals surface area contributed by atoms with Crippen LogP contribution in [0.5, 0.6) is 0 Å². The summed E-state index contributed by atoms with van der Waals surface area (Å²) in [6.45, 7) is -0.268. The van der Waals surface area contributed by atoms with Crippen molar-refractivity contribution in [1.29, 1.82) is 5.41 Å². The molecule has 1 fully saturated rings. The molecule has 0 aromatic rings. The Kier molecular flexibility index (Phi) is 5.07. The van der Waals surface area contributed by atoms with Crippen molar-refractivity contribution in [3.63, 3.8) is 0 Å². The Bertz CT molecular complexity index is 229. The van der Waals surface area contributed by atoms with Gasteiger partial charge in [0.1, 0.15) is 18.3 Å². The Morgan fingerprint density at radius 2 is 2.40 bits per heavy atom. The fourth-order valence-electron chi connectivity index (χ4n) is 1.53. The summed E-state index contributed by atoms with van der Waals surface area (Å²) in [7, 11) is 0.952. The van der Waals surface area contributed by atoms with Gasteiger partial charge in [-0.1, -0.05) is 0 Å². The van der Waals surface area contributed by atoms with E-state index in [2.05, 4.69) is 5.32 Å². The van der Waals surface area contributed by atoms with Crippen LogP contribution in [-0.2, 0) is 18.6 Å². The van der Waals surface area contributed by atoms with Crippen LogP contribution in [0.3, 0.4) is 0 Å². The molecule has 3 N–H and O–H groups in total. The van der Waals surface area contributed by atoms with Crippen molar-refractivity contribution >= 4 is 15.0 Å². The summed E-state index contributed by atoms with van der Waals surface area (Å²) >= 11 is 0. The second-order valence-corrected chi connectivity index (χ2v) is 3.29. The second-order valence-electron chi connectivity index (χ2n) is 2.93. The predicted molar refractivity (Wildman–Crippen MR) is 50.9 cm³/mol. The van der Waals surface area contributed by atoms with Gasteiger partial charge in [-0.25, -0.2) is 4.57 Å². The lowest BCUT2D eigenvalue weighted by molar-refractivity contribution is -0.0266. The smallest absolute Gasteiger partial charge is 0.327 e. The number of methoxy groups -OCH3 is 1. The first-order chi connectivity index (χ1) is 7.28. The Morgan fingerprint density at radius 1 is 1.67 bits per heavy atom. The first kappa shape index (κ1) is 12.5. The van der Waals surface area contributed by atoms with Crippen molar-refractivity contribution < 1.29 is 23.7 Å². The Labute approximate surface area is 88.5 Å². The highest BCUT2D eigenvalue weighted by atomic mass is 31.1. The number of ether oxygens (including phenoxy) is 2. The van der Waals surface area contributed by atoms with E-state index in [-0.39, 0.29) is 6.61 Å². The number of nitrogens with one attached hydrogen (secondary N) is 2. The zero-order valence-electron chi connectivity index (χ0n) is 8.12. The molecular formula is C7H13N2O5P. The van der Waals surface area contributed by atoms with Gasteiger partial charge in [0.15, 0.2) is 6.23 Å². The van der Waals surface area contributed by atoms with Crippen LogP contribution in [0.1, 0.15) is 0 Å². The van der Waals surface area contributed by atoms with Crippen molar-refractivity contribution in [2.45, 2.75) is 24.5 Å². The third kappa shape index (κ3) is 2.70. The lowest BCUT2D eigenvalue weighted by Crippen LogP contribution is -2.41. The van der Waals surface area contributed by atoms with Crippen LogP contribution < -0.4 is 5.32 Å². The average molecular weight is 236 g/mol. The molecule has 0 aromatic heterocycles. The highest BCUT2D eigenvalue weighted by molar-refractivity contribution is 7.17. The van der Waals surface area contributed by atoms with Crippen LogP contribution in [0.15, 0.2) is 0 Å². The van der Waals surface area contributed by atoms with Crippen molar-refractivity contribution in [2.24, 2.45) is 0 Å². The van der Waals surface area contributed by atoms with E-state index < -0.39 is 33.2 Å². The minimum atomic E-state index is -0.628. The molecule has 0 spiro atoms. The average Bonchev–Trinajstić information content (AvgIpc) is 2.57. The number of aliphatic hydroxyl groups excluding tert-OH is 1. The summed E-state index contributed by atoms with van der Waals surface area (Å²) in [4.78, 5) is 0. The van der Waals surface area contributed by atoms with Crippen molar-refractivity contribution in [1.82, 2.24) is 5.32 Å². The Hall–Kier alpha value is -0.590. The summed E-state index contributed by atoms with van der Waals surface area (Å²) in [5.41, 5.74) is 0. The molecule has 86 valence electrons. The van der Waals surface area contributed by atoms with Gasteiger partial charge in [0.25, 0.3) is 0 Å². The molecule has 0 aromatic carbocycles. The van der Waals surface area contributed by atoms with E-state index >= 15 is 0 Å². The molecule has 15 heavy (non-hydrogen) atoms. The number of hydrogen-bond donors (Lipinski definition) is 3. The molecule has 0 aliphatic carbocycles. The molecule has 0 amide bonds. The highest BCUT2D eigenvalue weighted by Gasteiger charge is 2.45. The maximum atomic E-state index is 10.4. The topological polar surface area (TPSA) is 101 Å². The molecule has 1 heterocycles. The molecule has 7 nitrogen and oxygen atoms in total. The van der Waals surface area contributed by atoms with E-state index in [4.69, 9.17) is 24.5 Å². The molecule has 0 bridgehead atoms. The number of hydrogen-bond acceptors (Lipinski definition) is 6. The van der Waals surface area contributed by atoms with Gasteiger partial charge in [-0.15, -0.1) is 0 Å². The maximum absolute atomic E-state index is 10.4. The minimum absolute atomic E-state index is 0.268. The summed E-state index contributed by atoms with van der Waals surface area (Å²) in [6, 6.07) is 0. The molecule has 0 unspecified atom stereocenters. The number of aliphatic hydroxyl groups is 1. The molecule has 1 rings (SSSR count). The zero-order valence-corrected chi connectivity index (χ0v) is 9.02. The van der Waals surface area contributed by atoms with Crippen LogP contribution in [0.4, 0.5) is 0 Å². The summed E-state index contributed by atoms with van der Waals surface area (Å²) in [5, 5.41) is 18.5. The lowest BCUT2D eigenvalue weighted by atomic mass is 10.1. The molecule has 1 aliphatic rings. The van der Waals surface area contributed by atoms with Crippen molar-refractivity contribution in [2.75, 3.05) is 13.7 Å². The predicted octanol–water partition coefficient (Wildman–Crippen LogP) is -0.493. The van der Waals surface area contributed by atoms with Crippen LogP contribution in [-0.4, -0.2) is 49.7 Å². The first-order valence-electron chi connectivity index (χ1n) is 4.31. The second kappa shape index (κ2) is 6.09. The van der Waals surface area contributed by atoms with Gasteiger partial charge in [-0.2, -0.15) is 0 Å². The summed E-state index contributed by atoms with van der Waals surface area (Å²) < 4.78 is 25.7. The normalized spacial score (nSPS) is 35.6. The van der Waals surface area contributed by atoms with E-state index in [9.17, 15) is 4.57 Å². The molecule has 8 heteroatoms. The molecule has 4 atom stereocenters. The molecule has 1 aliphatic heterocycles. The van der Waals surface area contributed by atoms with Gasteiger partial charge in [0.05, 0.1) is 12.9 Å². The van der Waals surface area contributed by atoms with E-state index in [0.717, 1.165) is 6.34 Å². The Balaban J connectivity index is 2.71. The van der Waals surface area contributed by atoms with E-state index in [0.29, 0.717) is 0 Å². The zero-order chi connectivity index (χ0) is 11.3. The third-order valence-corrected chi connectivity index (χ3v) is 2.50. The van der Waals surface area contributed by atoms with Gasteiger partial charge in [0.2, 0.25) is 0 Å². The molecule has 1 saturated heterocycles. The fraction of sp³-hybridized carbons (Fsp3) is 0.857. The largest absolute Gasteiger partial charge is 0.394 e.